The standard InChI is InChI=1S/C27H23FN4O2/c28-20-8-10-21(11-9-20)32-24-13-12-22(14-19(24)16-29-32)31-25(33)15-23(30-27(34)18-6-7-18)26(31)17-4-2-1-3-5-17/h1-5,8-14,16,18,23,26H,6-7,15H2,(H,30,34). The number of carbonyl (C=O) groups excluding carboxylic acids is 2. The van der Waals surface area contributed by atoms with Crippen LogP contribution in [-0.2, 0) is 9.59 Å². The number of amides is 2. The van der Waals surface area contributed by atoms with Crippen molar-refractivity contribution < 1.29 is 14.0 Å². The van der Waals surface area contributed by atoms with Crippen LogP contribution in [0.15, 0.2) is 79.0 Å². The average Bonchev–Trinajstić information content (AvgIpc) is 3.55. The topological polar surface area (TPSA) is 67.2 Å². The number of anilines is 1. The molecule has 2 fully saturated rings. The number of aromatic nitrogens is 2. The van der Waals surface area contributed by atoms with E-state index in [1.54, 1.807) is 27.9 Å². The lowest BCUT2D eigenvalue weighted by Crippen LogP contribution is -2.40. The van der Waals surface area contributed by atoms with Crippen molar-refractivity contribution >= 4 is 28.4 Å². The molecule has 1 N–H and O–H groups in total. The third-order valence-electron chi connectivity index (χ3n) is 6.64. The molecular formula is C27H23FN4O2. The van der Waals surface area contributed by atoms with Gasteiger partial charge in [-0.2, -0.15) is 5.10 Å². The number of hydrogen-bond acceptors (Lipinski definition) is 3. The van der Waals surface area contributed by atoms with Crippen molar-refractivity contribution in [2.75, 3.05) is 4.90 Å². The summed E-state index contributed by atoms with van der Waals surface area (Å²) in [5.41, 5.74) is 3.35. The van der Waals surface area contributed by atoms with E-state index in [0.29, 0.717) is 0 Å². The van der Waals surface area contributed by atoms with Gasteiger partial charge >= 0.3 is 0 Å². The predicted octanol–water partition coefficient (Wildman–Crippen LogP) is 4.54. The van der Waals surface area contributed by atoms with E-state index in [-0.39, 0.29) is 42.1 Å². The van der Waals surface area contributed by atoms with Crippen LogP contribution in [0.5, 0.6) is 0 Å². The van der Waals surface area contributed by atoms with Gasteiger partial charge in [-0.1, -0.05) is 30.3 Å². The molecule has 170 valence electrons. The molecule has 1 aromatic heterocycles. The number of benzene rings is 3. The summed E-state index contributed by atoms with van der Waals surface area (Å²) in [6, 6.07) is 21.2. The van der Waals surface area contributed by atoms with Crippen molar-refractivity contribution in [1.29, 1.82) is 0 Å². The molecule has 2 amide bonds. The maximum absolute atomic E-state index is 13.3. The molecule has 1 aliphatic heterocycles. The second-order valence-electron chi connectivity index (χ2n) is 8.99. The number of halogens is 1. The molecule has 3 aromatic carbocycles. The summed E-state index contributed by atoms with van der Waals surface area (Å²) in [6.07, 6.45) is 3.83. The summed E-state index contributed by atoms with van der Waals surface area (Å²) in [4.78, 5) is 27.6. The molecule has 6 rings (SSSR count). The van der Waals surface area contributed by atoms with Crippen LogP contribution < -0.4 is 10.2 Å². The van der Waals surface area contributed by atoms with Crippen LogP contribution in [0.4, 0.5) is 10.1 Å². The fourth-order valence-corrected chi connectivity index (χ4v) is 4.80. The Labute approximate surface area is 196 Å². The quantitative estimate of drug-likeness (QED) is 0.482. The Bertz CT molecular complexity index is 1380. The number of nitrogens with one attached hydrogen (secondary N) is 1. The SMILES string of the molecule is O=C(NC1CC(=O)N(c2ccc3c(cnn3-c3ccc(F)cc3)c2)C1c1ccccc1)C1CC1. The normalized spacial score (nSPS) is 20.1. The average molecular weight is 455 g/mol. The first-order valence-corrected chi connectivity index (χ1v) is 11.5. The zero-order valence-corrected chi connectivity index (χ0v) is 18.4. The summed E-state index contributed by atoms with van der Waals surface area (Å²) in [5.74, 6) is -0.212. The molecule has 0 bridgehead atoms. The Morgan fingerprint density at radius 2 is 1.71 bits per heavy atom. The van der Waals surface area contributed by atoms with Crippen molar-refractivity contribution in [2.24, 2.45) is 5.92 Å². The van der Waals surface area contributed by atoms with Crippen molar-refractivity contribution in [2.45, 2.75) is 31.3 Å². The smallest absolute Gasteiger partial charge is 0.229 e. The van der Waals surface area contributed by atoms with Crippen molar-refractivity contribution in [3.63, 3.8) is 0 Å². The van der Waals surface area contributed by atoms with Crippen LogP contribution in [0.2, 0.25) is 0 Å². The van der Waals surface area contributed by atoms with Crippen LogP contribution in [0.25, 0.3) is 16.6 Å². The number of rotatable bonds is 5. The maximum Gasteiger partial charge on any atom is 0.229 e. The number of fused-ring (bicyclic) bond motifs is 1. The number of hydrogen-bond donors (Lipinski definition) is 1. The van der Waals surface area contributed by atoms with E-state index in [4.69, 9.17) is 0 Å². The van der Waals surface area contributed by atoms with E-state index in [9.17, 15) is 14.0 Å². The fourth-order valence-electron chi connectivity index (χ4n) is 4.80. The lowest BCUT2D eigenvalue weighted by molar-refractivity contribution is -0.123. The third-order valence-corrected chi connectivity index (χ3v) is 6.64. The van der Waals surface area contributed by atoms with Gasteiger partial charge in [0.25, 0.3) is 0 Å². The van der Waals surface area contributed by atoms with E-state index >= 15 is 0 Å². The van der Waals surface area contributed by atoms with Gasteiger partial charge in [0.15, 0.2) is 0 Å². The Morgan fingerprint density at radius 3 is 2.44 bits per heavy atom. The molecule has 7 heteroatoms. The Balaban J connectivity index is 1.37. The minimum absolute atomic E-state index is 0.0276. The lowest BCUT2D eigenvalue weighted by Gasteiger charge is -2.29. The second kappa shape index (κ2) is 8.09. The molecule has 0 radical (unpaired) electrons. The summed E-state index contributed by atoms with van der Waals surface area (Å²) in [6.45, 7) is 0. The second-order valence-corrected chi connectivity index (χ2v) is 8.99. The van der Waals surface area contributed by atoms with E-state index in [1.165, 1.54) is 12.1 Å². The molecule has 6 nitrogen and oxygen atoms in total. The molecule has 2 heterocycles. The maximum atomic E-state index is 13.3. The summed E-state index contributed by atoms with van der Waals surface area (Å²) < 4.78 is 15.1. The van der Waals surface area contributed by atoms with E-state index in [2.05, 4.69) is 10.4 Å². The van der Waals surface area contributed by atoms with Crippen LogP contribution in [0.1, 0.15) is 30.9 Å². The van der Waals surface area contributed by atoms with Crippen molar-refractivity contribution in [3.8, 4) is 5.69 Å². The van der Waals surface area contributed by atoms with E-state index in [0.717, 1.165) is 40.7 Å². The third kappa shape index (κ3) is 3.63. The number of nitrogens with zero attached hydrogens (tertiary/aromatic N) is 3. The highest BCUT2D eigenvalue weighted by atomic mass is 19.1. The Kier molecular flexibility index (Phi) is 4.90. The van der Waals surface area contributed by atoms with Gasteiger partial charge in [0.2, 0.25) is 11.8 Å². The first-order chi connectivity index (χ1) is 16.6. The van der Waals surface area contributed by atoms with Gasteiger partial charge in [0, 0.05) is 23.4 Å². The molecule has 4 aromatic rings. The van der Waals surface area contributed by atoms with Gasteiger partial charge in [-0.25, -0.2) is 9.07 Å². The predicted molar refractivity (Wildman–Crippen MR) is 127 cm³/mol. The molecule has 0 spiro atoms. The van der Waals surface area contributed by atoms with Gasteiger partial charge < -0.3 is 10.2 Å². The van der Waals surface area contributed by atoms with Gasteiger partial charge in [-0.15, -0.1) is 0 Å². The molecule has 2 unspecified atom stereocenters. The largest absolute Gasteiger partial charge is 0.350 e. The zero-order valence-electron chi connectivity index (χ0n) is 18.4. The number of carbonyl (C=O) groups is 2. The highest BCUT2D eigenvalue weighted by Crippen LogP contribution is 2.39. The lowest BCUT2D eigenvalue weighted by atomic mass is 9.99. The molecular weight excluding hydrogens is 431 g/mol. The van der Waals surface area contributed by atoms with Gasteiger partial charge in [0.05, 0.1) is 29.5 Å². The van der Waals surface area contributed by atoms with Crippen LogP contribution in [0.3, 0.4) is 0 Å². The van der Waals surface area contributed by atoms with Crippen molar-refractivity contribution in [3.05, 3.63) is 90.4 Å². The Hall–Kier alpha value is -4.00. The first kappa shape index (κ1) is 20.6. The van der Waals surface area contributed by atoms with E-state index in [1.807, 2.05) is 48.5 Å². The van der Waals surface area contributed by atoms with Crippen molar-refractivity contribution in [1.82, 2.24) is 15.1 Å². The molecule has 2 atom stereocenters. The molecule has 1 saturated carbocycles. The summed E-state index contributed by atoms with van der Waals surface area (Å²) in [7, 11) is 0. The van der Waals surface area contributed by atoms with Gasteiger partial charge in [-0.05, 0) is 60.9 Å². The summed E-state index contributed by atoms with van der Waals surface area (Å²) >= 11 is 0. The Morgan fingerprint density at radius 1 is 0.971 bits per heavy atom. The molecule has 2 aliphatic rings. The minimum atomic E-state index is -0.301. The summed E-state index contributed by atoms with van der Waals surface area (Å²) in [5, 5.41) is 8.48. The van der Waals surface area contributed by atoms with Crippen LogP contribution in [0, 0.1) is 11.7 Å². The highest BCUT2D eigenvalue weighted by molar-refractivity contribution is 6.00. The highest BCUT2D eigenvalue weighted by Gasteiger charge is 2.44. The zero-order chi connectivity index (χ0) is 23.2. The van der Waals surface area contributed by atoms with Gasteiger partial charge in [-0.3, -0.25) is 9.59 Å². The molecule has 1 saturated heterocycles. The first-order valence-electron chi connectivity index (χ1n) is 11.5. The fraction of sp³-hybridized carbons (Fsp3) is 0.222. The van der Waals surface area contributed by atoms with Crippen LogP contribution in [-0.4, -0.2) is 27.6 Å². The van der Waals surface area contributed by atoms with Gasteiger partial charge in [0.1, 0.15) is 5.82 Å². The van der Waals surface area contributed by atoms with E-state index < -0.39 is 0 Å². The molecule has 1 aliphatic carbocycles. The molecule has 34 heavy (non-hydrogen) atoms. The van der Waals surface area contributed by atoms with Crippen LogP contribution >= 0.6 is 0 Å². The minimum Gasteiger partial charge on any atom is -0.350 e. The monoisotopic (exact) mass is 454 g/mol.